The van der Waals surface area contributed by atoms with Gasteiger partial charge in [0.2, 0.25) is 5.91 Å². The third-order valence-electron chi connectivity index (χ3n) is 4.73. The molecular formula is C21H24N2O3. The number of hydrogen-bond acceptors (Lipinski definition) is 3. The minimum atomic E-state index is -0.0663. The van der Waals surface area contributed by atoms with E-state index in [2.05, 4.69) is 11.4 Å². The monoisotopic (exact) mass is 352 g/mol. The predicted molar refractivity (Wildman–Crippen MR) is 100.0 cm³/mol. The van der Waals surface area contributed by atoms with E-state index in [0.717, 1.165) is 36.3 Å². The van der Waals surface area contributed by atoms with Gasteiger partial charge in [-0.3, -0.25) is 9.59 Å². The normalized spacial score (nSPS) is 16.4. The number of methoxy groups -OCH3 is 1. The highest BCUT2D eigenvalue weighted by Gasteiger charge is 2.30. The zero-order valence-electron chi connectivity index (χ0n) is 15.2. The molecular weight excluding hydrogens is 328 g/mol. The van der Waals surface area contributed by atoms with Crippen molar-refractivity contribution in [1.82, 2.24) is 10.2 Å². The molecule has 136 valence electrons. The number of nitrogens with one attached hydrogen (secondary N) is 1. The molecule has 1 unspecified atom stereocenters. The van der Waals surface area contributed by atoms with Gasteiger partial charge < -0.3 is 15.0 Å². The molecule has 1 fully saturated rings. The number of benzene rings is 2. The van der Waals surface area contributed by atoms with Crippen molar-refractivity contribution in [2.75, 3.05) is 13.7 Å². The van der Waals surface area contributed by atoms with Crippen LogP contribution >= 0.6 is 0 Å². The Morgan fingerprint density at radius 3 is 2.65 bits per heavy atom. The lowest BCUT2D eigenvalue weighted by molar-refractivity contribution is -0.119. The molecule has 0 radical (unpaired) electrons. The summed E-state index contributed by atoms with van der Waals surface area (Å²) in [6, 6.07) is 15.5. The second-order valence-corrected chi connectivity index (χ2v) is 6.54. The SMILES string of the molecule is COc1cccc(C2CCCN2C(=O)c2ccc(CNC(C)=O)cc2)c1. The van der Waals surface area contributed by atoms with Gasteiger partial charge in [0.25, 0.3) is 5.91 Å². The topological polar surface area (TPSA) is 58.6 Å². The summed E-state index contributed by atoms with van der Waals surface area (Å²) in [7, 11) is 1.65. The van der Waals surface area contributed by atoms with E-state index in [4.69, 9.17) is 4.74 Å². The highest BCUT2D eigenvalue weighted by Crippen LogP contribution is 2.34. The van der Waals surface area contributed by atoms with Crippen LogP contribution in [0, 0.1) is 0 Å². The molecule has 1 N–H and O–H groups in total. The molecule has 26 heavy (non-hydrogen) atoms. The van der Waals surface area contributed by atoms with Crippen molar-refractivity contribution in [3.8, 4) is 5.75 Å². The molecule has 5 heteroatoms. The van der Waals surface area contributed by atoms with Crippen LogP contribution in [-0.4, -0.2) is 30.4 Å². The van der Waals surface area contributed by atoms with Crippen molar-refractivity contribution in [2.24, 2.45) is 0 Å². The third-order valence-corrected chi connectivity index (χ3v) is 4.73. The molecule has 1 atom stereocenters. The highest BCUT2D eigenvalue weighted by atomic mass is 16.5. The Morgan fingerprint density at radius 1 is 1.19 bits per heavy atom. The number of hydrogen-bond donors (Lipinski definition) is 1. The van der Waals surface area contributed by atoms with Gasteiger partial charge in [-0.2, -0.15) is 0 Å². The van der Waals surface area contributed by atoms with E-state index in [9.17, 15) is 9.59 Å². The predicted octanol–water partition coefficient (Wildman–Crippen LogP) is 3.31. The minimum absolute atomic E-state index is 0.0430. The fraction of sp³-hybridized carbons (Fsp3) is 0.333. The molecule has 0 saturated carbocycles. The summed E-state index contributed by atoms with van der Waals surface area (Å²) in [6.07, 6.45) is 1.95. The number of ether oxygens (including phenoxy) is 1. The zero-order chi connectivity index (χ0) is 18.5. The quantitative estimate of drug-likeness (QED) is 0.898. The first-order valence-electron chi connectivity index (χ1n) is 8.87. The Morgan fingerprint density at radius 2 is 1.96 bits per heavy atom. The summed E-state index contributed by atoms with van der Waals surface area (Å²) in [5.74, 6) is 0.786. The third kappa shape index (κ3) is 4.04. The molecule has 3 rings (SSSR count). The fourth-order valence-electron chi connectivity index (χ4n) is 3.36. The van der Waals surface area contributed by atoms with Gasteiger partial charge in [0, 0.05) is 25.6 Å². The van der Waals surface area contributed by atoms with E-state index in [-0.39, 0.29) is 17.9 Å². The van der Waals surface area contributed by atoms with Crippen molar-refractivity contribution in [1.29, 1.82) is 0 Å². The molecule has 0 spiro atoms. The number of carbonyl (C=O) groups excluding carboxylic acids is 2. The molecule has 0 aliphatic carbocycles. The summed E-state index contributed by atoms with van der Waals surface area (Å²) in [5.41, 5.74) is 2.76. The van der Waals surface area contributed by atoms with Crippen LogP contribution in [0.5, 0.6) is 5.75 Å². The van der Waals surface area contributed by atoms with Crippen molar-refractivity contribution >= 4 is 11.8 Å². The second-order valence-electron chi connectivity index (χ2n) is 6.54. The van der Waals surface area contributed by atoms with Gasteiger partial charge in [-0.05, 0) is 48.2 Å². The van der Waals surface area contributed by atoms with Crippen molar-refractivity contribution in [3.63, 3.8) is 0 Å². The molecule has 0 bridgehead atoms. The van der Waals surface area contributed by atoms with Crippen molar-refractivity contribution in [3.05, 3.63) is 65.2 Å². The van der Waals surface area contributed by atoms with Gasteiger partial charge >= 0.3 is 0 Å². The van der Waals surface area contributed by atoms with Crippen molar-refractivity contribution < 1.29 is 14.3 Å². The second kappa shape index (κ2) is 8.04. The summed E-state index contributed by atoms with van der Waals surface area (Å²) < 4.78 is 5.31. The lowest BCUT2D eigenvalue weighted by Crippen LogP contribution is -2.30. The van der Waals surface area contributed by atoms with Gasteiger partial charge in [0.1, 0.15) is 5.75 Å². The fourth-order valence-corrected chi connectivity index (χ4v) is 3.36. The van der Waals surface area contributed by atoms with Gasteiger partial charge in [0.05, 0.1) is 13.2 Å². The van der Waals surface area contributed by atoms with Crippen LogP contribution in [0.2, 0.25) is 0 Å². The number of rotatable bonds is 5. The Bertz CT molecular complexity index is 786. The molecule has 5 nitrogen and oxygen atoms in total. The summed E-state index contributed by atoms with van der Waals surface area (Å²) >= 11 is 0. The summed E-state index contributed by atoms with van der Waals surface area (Å²) in [5, 5.41) is 2.76. The lowest BCUT2D eigenvalue weighted by Gasteiger charge is -2.25. The first-order chi connectivity index (χ1) is 12.6. The maximum atomic E-state index is 13.0. The molecule has 1 saturated heterocycles. The maximum absolute atomic E-state index is 13.0. The van der Waals surface area contributed by atoms with E-state index in [1.54, 1.807) is 7.11 Å². The Hall–Kier alpha value is -2.82. The summed E-state index contributed by atoms with van der Waals surface area (Å²) in [6.45, 7) is 2.72. The smallest absolute Gasteiger partial charge is 0.254 e. The number of amides is 2. The zero-order valence-corrected chi connectivity index (χ0v) is 15.2. The maximum Gasteiger partial charge on any atom is 0.254 e. The average molecular weight is 352 g/mol. The largest absolute Gasteiger partial charge is 0.497 e. The van der Waals surface area contributed by atoms with Crippen LogP contribution in [0.25, 0.3) is 0 Å². The Labute approximate surface area is 154 Å². The first kappa shape index (κ1) is 18.0. The average Bonchev–Trinajstić information content (AvgIpc) is 3.16. The van der Waals surface area contributed by atoms with Gasteiger partial charge in [-0.15, -0.1) is 0 Å². The van der Waals surface area contributed by atoms with E-state index in [0.29, 0.717) is 12.1 Å². The Balaban J connectivity index is 1.74. The number of carbonyl (C=O) groups is 2. The van der Waals surface area contributed by atoms with Crippen LogP contribution < -0.4 is 10.1 Å². The van der Waals surface area contributed by atoms with Crippen molar-refractivity contribution in [2.45, 2.75) is 32.4 Å². The molecule has 2 aromatic rings. The van der Waals surface area contributed by atoms with Crippen LogP contribution in [0.3, 0.4) is 0 Å². The molecule has 2 amide bonds. The van der Waals surface area contributed by atoms with Crippen LogP contribution in [-0.2, 0) is 11.3 Å². The van der Waals surface area contributed by atoms with Gasteiger partial charge in [-0.25, -0.2) is 0 Å². The molecule has 1 aliphatic heterocycles. The van der Waals surface area contributed by atoms with Crippen LogP contribution in [0.4, 0.5) is 0 Å². The van der Waals surface area contributed by atoms with Crippen LogP contribution in [0.15, 0.2) is 48.5 Å². The molecule has 2 aromatic carbocycles. The minimum Gasteiger partial charge on any atom is -0.497 e. The van der Waals surface area contributed by atoms with E-state index >= 15 is 0 Å². The van der Waals surface area contributed by atoms with Gasteiger partial charge in [0.15, 0.2) is 0 Å². The lowest BCUT2D eigenvalue weighted by atomic mass is 10.0. The summed E-state index contributed by atoms with van der Waals surface area (Å²) in [4.78, 5) is 25.9. The molecule has 0 aromatic heterocycles. The standard InChI is InChI=1S/C21H24N2O3/c1-15(24)22-14-16-8-10-17(11-9-16)21(25)23-12-4-7-20(23)18-5-3-6-19(13-18)26-2/h3,5-6,8-11,13,20H,4,7,12,14H2,1-2H3,(H,22,24). The first-order valence-corrected chi connectivity index (χ1v) is 8.87. The molecule has 1 aliphatic rings. The number of likely N-dealkylation sites (tertiary alicyclic amines) is 1. The van der Waals surface area contributed by atoms with Crippen LogP contribution in [0.1, 0.15) is 47.3 Å². The number of nitrogens with zero attached hydrogens (tertiary/aromatic N) is 1. The Kier molecular flexibility index (Phi) is 5.56. The van der Waals surface area contributed by atoms with E-state index in [1.165, 1.54) is 6.92 Å². The highest BCUT2D eigenvalue weighted by molar-refractivity contribution is 5.94. The van der Waals surface area contributed by atoms with E-state index < -0.39 is 0 Å². The molecule has 1 heterocycles. The van der Waals surface area contributed by atoms with Gasteiger partial charge in [-0.1, -0.05) is 24.3 Å². The van der Waals surface area contributed by atoms with E-state index in [1.807, 2.05) is 47.4 Å².